The van der Waals surface area contributed by atoms with Gasteiger partial charge < -0.3 is 19.7 Å². The highest BCUT2D eigenvalue weighted by Crippen LogP contribution is 2.24. The van der Waals surface area contributed by atoms with Crippen LogP contribution in [-0.2, 0) is 11.3 Å². The van der Waals surface area contributed by atoms with Crippen LogP contribution in [0.3, 0.4) is 0 Å². The van der Waals surface area contributed by atoms with Gasteiger partial charge in [0.2, 0.25) is 0 Å². The summed E-state index contributed by atoms with van der Waals surface area (Å²) >= 11 is 0. The third-order valence-electron chi connectivity index (χ3n) is 4.34. The average Bonchev–Trinajstić information content (AvgIpc) is 3.20. The third kappa shape index (κ3) is 4.66. The molecule has 5 heteroatoms. The first-order valence-electron chi connectivity index (χ1n) is 8.62. The van der Waals surface area contributed by atoms with E-state index in [4.69, 9.17) is 9.47 Å². The Kier molecular flexibility index (Phi) is 5.77. The first-order chi connectivity index (χ1) is 12.3. The van der Waals surface area contributed by atoms with Gasteiger partial charge in [0.25, 0.3) is 5.91 Å². The summed E-state index contributed by atoms with van der Waals surface area (Å²) in [6.45, 7) is 2.69. The number of carbonyl (C=O) groups excluding carboxylic acids is 1. The lowest BCUT2D eigenvalue weighted by molar-refractivity contribution is -0.123. The van der Waals surface area contributed by atoms with Crippen molar-refractivity contribution in [3.05, 3.63) is 54.1 Å². The van der Waals surface area contributed by atoms with Crippen molar-refractivity contribution in [1.29, 1.82) is 0 Å². The molecule has 1 saturated heterocycles. The van der Waals surface area contributed by atoms with Crippen molar-refractivity contribution in [1.82, 2.24) is 5.32 Å². The molecule has 1 amide bonds. The Morgan fingerprint density at radius 3 is 2.44 bits per heavy atom. The van der Waals surface area contributed by atoms with Gasteiger partial charge >= 0.3 is 0 Å². The molecule has 0 unspecified atom stereocenters. The summed E-state index contributed by atoms with van der Waals surface area (Å²) in [6, 6.07) is 15.4. The second-order valence-electron chi connectivity index (χ2n) is 6.06. The van der Waals surface area contributed by atoms with Crippen LogP contribution in [0.15, 0.2) is 48.5 Å². The van der Waals surface area contributed by atoms with E-state index >= 15 is 0 Å². The number of hydrogen-bond acceptors (Lipinski definition) is 4. The molecule has 132 valence electrons. The minimum absolute atomic E-state index is 0.00178. The normalized spacial score (nSPS) is 13.6. The van der Waals surface area contributed by atoms with E-state index in [-0.39, 0.29) is 12.5 Å². The maximum atomic E-state index is 12.1. The third-order valence-corrected chi connectivity index (χ3v) is 4.34. The van der Waals surface area contributed by atoms with E-state index in [1.165, 1.54) is 18.5 Å². The van der Waals surface area contributed by atoms with Crippen LogP contribution in [0.2, 0.25) is 0 Å². The lowest BCUT2D eigenvalue weighted by atomic mass is 10.1. The number of methoxy groups -OCH3 is 1. The molecule has 1 fully saturated rings. The van der Waals surface area contributed by atoms with Crippen molar-refractivity contribution in [3.63, 3.8) is 0 Å². The van der Waals surface area contributed by atoms with Gasteiger partial charge in [0, 0.05) is 25.3 Å². The van der Waals surface area contributed by atoms with E-state index in [0.717, 1.165) is 24.4 Å². The van der Waals surface area contributed by atoms with Crippen LogP contribution in [-0.4, -0.2) is 32.7 Å². The fourth-order valence-corrected chi connectivity index (χ4v) is 2.99. The fourth-order valence-electron chi connectivity index (χ4n) is 2.99. The Balaban J connectivity index is 1.50. The number of ether oxygens (including phenoxy) is 2. The molecule has 25 heavy (non-hydrogen) atoms. The Hall–Kier alpha value is -2.69. The van der Waals surface area contributed by atoms with Gasteiger partial charge in [-0.05, 0) is 48.7 Å². The van der Waals surface area contributed by atoms with Crippen LogP contribution in [0.25, 0.3) is 0 Å². The van der Waals surface area contributed by atoms with Crippen molar-refractivity contribution >= 4 is 11.6 Å². The SMILES string of the molecule is COc1ccc(OCC(=O)NCc2ccccc2N2CCCC2)cc1. The first-order valence-corrected chi connectivity index (χ1v) is 8.62. The molecule has 1 N–H and O–H groups in total. The number of nitrogens with one attached hydrogen (secondary N) is 1. The van der Waals surface area contributed by atoms with Gasteiger partial charge in [-0.2, -0.15) is 0 Å². The minimum Gasteiger partial charge on any atom is -0.497 e. The van der Waals surface area contributed by atoms with E-state index in [0.29, 0.717) is 12.3 Å². The summed E-state index contributed by atoms with van der Waals surface area (Å²) in [4.78, 5) is 14.5. The van der Waals surface area contributed by atoms with Crippen molar-refractivity contribution in [2.75, 3.05) is 31.7 Å². The van der Waals surface area contributed by atoms with Gasteiger partial charge in [-0.15, -0.1) is 0 Å². The number of hydrogen-bond donors (Lipinski definition) is 1. The Morgan fingerprint density at radius 1 is 1.04 bits per heavy atom. The summed E-state index contributed by atoms with van der Waals surface area (Å²) in [6.07, 6.45) is 2.47. The smallest absolute Gasteiger partial charge is 0.258 e. The van der Waals surface area contributed by atoms with Gasteiger partial charge in [0.1, 0.15) is 11.5 Å². The highest BCUT2D eigenvalue weighted by molar-refractivity contribution is 5.77. The average molecular weight is 340 g/mol. The molecule has 0 bridgehead atoms. The van der Waals surface area contributed by atoms with Crippen LogP contribution in [0.4, 0.5) is 5.69 Å². The predicted octanol–water partition coefficient (Wildman–Crippen LogP) is 2.99. The number of anilines is 1. The minimum atomic E-state index is -0.132. The fraction of sp³-hybridized carbons (Fsp3) is 0.350. The molecular formula is C20H24N2O3. The number of para-hydroxylation sites is 1. The molecule has 1 heterocycles. The first kappa shape index (κ1) is 17.1. The monoisotopic (exact) mass is 340 g/mol. The summed E-state index contributed by atoms with van der Waals surface area (Å²) in [7, 11) is 1.61. The summed E-state index contributed by atoms with van der Waals surface area (Å²) in [5.41, 5.74) is 2.36. The van der Waals surface area contributed by atoms with E-state index in [9.17, 15) is 4.79 Å². The zero-order valence-electron chi connectivity index (χ0n) is 14.5. The number of rotatable bonds is 7. The quantitative estimate of drug-likeness (QED) is 0.842. The van der Waals surface area contributed by atoms with Crippen molar-refractivity contribution in [2.24, 2.45) is 0 Å². The molecule has 0 spiro atoms. The summed E-state index contributed by atoms with van der Waals surface area (Å²) < 4.78 is 10.6. The number of nitrogens with zero attached hydrogens (tertiary/aromatic N) is 1. The van der Waals surface area contributed by atoms with Gasteiger partial charge in [-0.3, -0.25) is 4.79 Å². The van der Waals surface area contributed by atoms with Crippen molar-refractivity contribution in [2.45, 2.75) is 19.4 Å². The van der Waals surface area contributed by atoms with E-state index in [1.807, 2.05) is 12.1 Å². The zero-order chi connectivity index (χ0) is 17.5. The van der Waals surface area contributed by atoms with E-state index < -0.39 is 0 Å². The highest BCUT2D eigenvalue weighted by atomic mass is 16.5. The molecule has 1 aliphatic rings. The molecule has 0 atom stereocenters. The van der Waals surface area contributed by atoms with Crippen LogP contribution >= 0.6 is 0 Å². The Labute approximate surface area is 148 Å². The summed E-state index contributed by atoms with van der Waals surface area (Å²) in [5, 5.41) is 2.94. The van der Waals surface area contributed by atoms with Crippen LogP contribution in [0.5, 0.6) is 11.5 Å². The maximum Gasteiger partial charge on any atom is 0.258 e. The Bertz CT molecular complexity index is 694. The van der Waals surface area contributed by atoms with Crippen LogP contribution < -0.4 is 19.7 Å². The van der Waals surface area contributed by atoms with Crippen molar-refractivity contribution < 1.29 is 14.3 Å². The molecule has 1 aliphatic heterocycles. The topological polar surface area (TPSA) is 50.8 Å². The number of amides is 1. The molecule has 0 radical (unpaired) electrons. The van der Waals surface area contributed by atoms with E-state index in [1.54, 1.807) is 31.4 Å². The maximum absolute atomic E-state index is 12.1. The van der Waals surface area contributed by atoms with Gasteiger partial charge in [0.15, 0.2) is 6.61 Å². The largest absolute Gasteiger partial charge is 0.497 e. The number of carbonyl (C=O) groups is 1. The van der Waals surface area contributed by atoms with Crippen molar-refractivity contribution in [3.8, 4) is 11.5 Å². The van der Waals surface area contributed by atoms with E-state index in [2.05, 4.69) is 22.3 Å². The standard InChI is InChI=1S/C20H24N2O3/c1-24-17-8-10-18(11-9-17)25-15-20(23)21-14-16-6-2-3-7-19(16)22-12-4-5-13-22/h2-3,6-11H,4-5,12-15H2,1H3,(H,21,23). The molecular weight excluding hydrogens is 316 g/mol. The molecule has 2 aromatic rings. The molecule has 2 aromatic carbocycles. The zero-order valence-corrected chi connectivity index (χ0v) is 14.5. The van der Waals surface area contributed by atoms with Crippen LogP contribution in [0.1, 0.15) is 18.4 Å². The summed E-state index contributed by atoms with van der Waals surface area (Å²) in [5.74, 6) is 1.27. The molecule has 0 saturated carbocycles. The molecule has 3 rings (SSSR count). The highest BCUT2D eigenvalue weighted by Gasteiger charge is 2.15. The lowest BCUT2D eigenvalue weighted by Gasteiger charge is -2.21. The van der Waals surface area contributed by atoms with Gasteiger partial charge in [-0.1, -0.05) is 18.2 Å². The second kappa shape index (κ2) is 8.42. The van der Waals surface area contributed by atoms with Gasteiger partial charge in [0.05, 0.1) is 7.11 Å². The Morgan fingerprint density at radius 2 is 1.72 bits per heavy atom. The van der Waals surface area contributed by atoms with Crippen LogP contribution in [0, 0.1) is 0 Å². The second-order valence-corrected chi connectivity index (χ2v) is 6.06. The van der Waals surface area contributed by atoms with Gasteiger partial charge in [-0.25, -0.2) is 0 Å². The lowest BCUT2D eigenvalue weighted by Crippen LogP contribution is -2.29. The molecule has 0 aliphatic carbocycles. The predicted molar refractivity (Wildman–Crippen MR) is 98.2 cm³/mol. The molecule has 0 aromatic heterocycles. The molecule has 5 nitrogen and oxygen atoms in total. The number of benzene rings is 2.